The summed E-state index contributed by atoms with van der Waals surface area (Å²) in [6.45, 7) is 4.92. The van der Waals surface area contributed by atoms with Gasteiger partial charge in [-0.1, -0.05) is 0 Å². The normalized spacial score (nSPS) is 23.1. The maximum absolute atomic E-state index is 4.45. The van der Waals surface area contributed by atoms with Gasteiger partial charge >= 0.3 is 0 Å². The number of hydrogen-bond acceptors (Lipinski definition) is 4. The van der Waals surface area contributed by atoms with Crippen molar-refractivity contribution in [1.29, 1.82) is 0 Å². The highest BCUT2D eigenvalue weighted by atomic mass is 32.2. The van der Waals surface area contributed by atoms with E-state index in [1.165, 1.54) is 24.1 Å². The molecular weight excluding hydrogens is 288 g/mol. The van der Waals surface area contributed by atoms with Gasteiger partial charge in [-0.25, -0.2) is 4.98 Å². The summed E-state index contributed by atoms with van der Waals surface area (Å²) in [4.78, 5) is 10.1. The molecule has 6 heteroatoms. The molecule has 4 nitrogen and oxygen atoms in total. The molecule has 1 fully saturated rings. The Bertz CT molecular complexity index is 470. The molecule has 2 rings (SSSR count). The van der Waals surface area contributed by atoms with Crippen LogP contribution < -0.4 is 10.6 Å². The third-order valence-corrected chi connectivity index (χ3v) is 5.87. The largest absolute Gasteiger partial charge is 0.354 e. The second-order valence-corrected chi connectivity index (χ2v) is 7.61. The Kier molecular flexibility index (Phi) is 5.72. The second kappa shape index (κ2) is 7.31. The number of thiazole rings is 1. The first-order valence-corrected chi connectivity index (χ1v) is 9.15. The van der Waals surface area contributed by atoms with E-state index in [1.807, 2.05) is 18.8 Å². The fourth-order valence-corrected chi connectivity index (χ4v) is 4.25. The lowest BCUT2D eigenvalue weighted by Crippen LogP contribution is -2.42. The van der Waals surface area contributed by atoms with Crippen LogP contribution in [-0.4, -0.2) is 35.5 Å². The average Bonchev–Trinajstić information content (AvgIpc) is 3.01. The van der Waals surface area contributed by atoms with Crippen LogP contribution in [0.5, 0.6) is 0 Å². The molecule has 2 atom stereocenters. The van der Waals surface area contributed by atoms with Crippen LogP contribution in [0.25, 0.3) is 0 Å². The standard InChI is InChI=1S/C14H24N4S2/c1-9-13(20-10(2)17-9)8-16-14(15-3)18-11-5-6-12(7-11)19-4/h11-12H,5-8H2,1-4H3,(H2,15,16,18). The van der Waals surface area contributed by atoms with E-state index in [9.17, 15) is 0 Å². The molecule has 0 aromatic carbocycles. The third kappa shape index (κ3) is 4.12. The van der Waals surface area contributed by atoms with Gasteiger partial charge in [0.2, 0.25) is 0 Å². The van der Waals surface area contributed by atoms with Crippen molar-refractivity contribution in [3.05, 3.63) is 15.6 Å². The number of aliphatic imine (C=N–C) groups is 1. The summed E-state index contributed by atoms with van der Waals surface area (Å²) in [6, 6.07) is 0.558. The average molecular weight is 313 g/mol. The number of rotatable bonds is 4. The first-order chi connectivity index (χ1) is 9.62. The Labute approximate surface area is 129 Å². The van der Waals surface area contributed by atoms with Gasteiger partial charge in [0.05, 0.1) is 17.2 Å². The minimum Gasteiger partial charge on any atom is -0.354 e. The van der Waals surface area contributed by atoms with Gasteiger partial charge in [-0.05, 0) is 39.4 Å². The van der Waals surface area contributed by atoms with Crippen LogP contribution in [0.3, 0.4) is 0 Å². The zero-order valence-electron chi connectivity index (χ0n) is 12.7. The summed E-state index contributed by atoms with van der Waals surface area (Å²) < 4.78 is 0. The molecule has 2 unspecified atom stereocenters. The van der Waals surface area contributed by atoms with Crippen LogP contribution in [0.1, 0.15) is 34.8 Å². The predicted octanol–water partition coefficient (Wildman–Crippen LogP) is 2.71. The molecule has 20 heavy (non-hydrogen) atoms. The fraction of sp³-hybridized carbons (Fsp3) is 0.714. The molecule has 0 aliphatic heterocycles. The van der Waals surface area contributed by atoms with Gasteiger partial charge in [0.25, 0.3) is 0 Å². The smallest absolute Gasteiger partial charge is 0.191 e. The molecule has 1 aliphatic carbocycles. The molecule has 2 N–H and O–H groups in total. The van der Waals surface area contributed by atoms with Crippen molar-refractivity contribution in [1.82, 2.24) is 15.6 Å². The Morgan fingerprint density at radius 1 is 1.45 bits per heavy atom. The van der Waals surface area contributed by atoms with E-state index in [0.717, 1.165) is 28.5 Å². The van der Waals surface area contributed by atoms with E-state index in [2.05, 4.69) is 40.7 Å². The van der Waals surface area contributed by atoms with Gasteiger partial charge in [-0.2, -0.15) is 11.8 Å². The lowest BCUT2D eigenvalue weighted by Gasteiger charge is -2.17. The molecule has 0 bridgehead atoms. The Morgan fingerprint density at radius 2 is 2.25 bits per heavy atom. The van der Waals surface area contributed by atoms with Crippen LogP contribution in [-0.2, 0) is 6.54 Å². The molecule has 0 radical (unpaired) electrons. The number of hydrogen-bond donors (Lipinski definition) is 2. The SMILES string of the molecule is CN=C(NCc1sc(C)nc1C)NC1CCC(SC)C1. The number of aryl methyl sites for hydroxylation is 2. The lowest BCUT2D eigenvalue weighted by atomic mass is 10.2. The van der Waals surface area contributed by atoms with Crippen molar-refractivity contribution in [3.63, 3.8) is 0 Å². The number of guanidine groups is 1. The highest BCUT2D eigenvalue weighted by molar-refractivity contribution is 7.99. The van der Waals surface area contributed by atoms with Crippen molar-refractivity contribution in [3.8, 4) is 0 Å². The van der Waals surface area contributed by atoms with E-state index in [4.69, 9.17) is 0 Å². The molecule has 0 saturated heterocycles. The summed E-state index contributed by atoms with van der Waals surface area (Å²) in [5.41, 5.74) is 1.12. The first kappa shape index (κ1) is 15.6. The van der Waals surface area contributed by atoms with Crippen molar-refractivity contribution in [2.24, 2.45) is 4.99 Å². The van der Waals surface area contributed by atoms with Gasteiger partial charge in [0.15, 0.2) is 5.96 Å². The van der Waals surface area contributed by atoms with Crippen LogP contribution in [0.4, 0.5) is 0 Å². The third-order valence-electron chi connectivity index (χ3n) is 3.70. The van der Waals surface area contributed by atoms with Crippen LogP contribution in [0.15, 0.2) is 4.99 Å². The lowest BCUT2D eigenvalue weighted by molar-refractivity contribution is 0.615. The van der Waals surface area contributed by atoms with E-state index in [-0.39, 0.29) is 0 Å². The first-order valence-electron chi connectivity index (χ1n) is 7.05. The summed E-state index contributed by atoms with van der Waals surface area (Å²) in [5, 5.41) is 8.87. The van der Waals surface area contributed by atoms with Gasteiger partial charge in [-0.3, -0.25) is 4.99 Å². The Balaban J connectivity index is 1.83. The van der Waals surface area contributed by atoms with Gasteiger partial charge < -0.3 is 10.6 Å². The summed E-state index contributed by atoms with van der Waals surface area (Å²) in [7, 11) is 1.83. The number of nitrogens with one attached hydrogen (secondary N) is 2. The molecule has 1 aliphatic rings. The molecular formula is C14H24N4S2. The highest BCUT2D eigenvalue weighted by Crippen LogP contribution is 2.28. The zero-order valence-corrected chi connectivity index (χ0v) is 14.3. The van der Waals surface area contributed by atoms with E-state index in [1.54, 1.807) is 11.3 Å². The topological polar surface area (TPSA) is 49.3 Å². The minimum absolute atomic E-state index is 0.558. The van der Waals surface area contributed by atoms with Crippen molar-refractivity contribution in [2.75, 3.05) is 13.3 Å². The number of nitrogens with zero attached hydrogens (tertiary/aromatic N) is 2. The van der Waals surface area contributed by atoms with E-state index >= 15 is 0 Å². The van der Waals surface area contributed by atoms with E-state index in [0.29, 0.717) is 6.04 Å². The van der Waals surface area contributed by atoms with Gasteiger partial charge in [0, 0.05) is 23.2 Å². The molecule has 1 aromatic rings. The Morgan fingerprint density at radius 3 is 2.80 bits per heavy atom. The molecule has 112 valence electrons. The molecule has 0 spiro atoms. The quantitative estimate of drug-likeness (QED) is 0.663. The van der Waals surface area contributed by atoms with Crippen LogP contribution in [0.2, 0.25) is 0 Å². The maximum Gasteiger partial charge on any atom is 0.191 e. The Hall–Kier alpha value is -0.750. The zero-order chi connectivity index (χ0) is 14.5. The maximum atomic E-state index is 4.45. The minimum atomic E-state index is 0.558. The molecule has 1 aromatic heterocycles. The van der Waals surface area contributed by atoms with Crippen molar-refractivity contribution < 1.29 is 0 Å². The second-order valence-electron chi connectivity index (χ2n) is 5.18. The van der Waals surface area contributed by atoms with Gasteiger partial charge in [0.1, 0.15) is 0 Å². The van der Waals surface area contributed by atoms with Gasteiger partial charge in [-0.15, -0.1) is 11.3 Å². The molecule has 0 amide bonds. The molecule has 1 heterocycles. The van der Waals surface area contributed by atoms with Crippen molar-refractivity contribution >= 4 is 29.1 Å². The van der Waals surface area contributed by atoms with Crippen molar-refractivity contribution in [2.45, 2.75) is 50.9 Å². The summed E-state index contributed by atoms with van der Waals surface area (Å²) in [6.07, 6.45) is 5.99. The summed E-state index contributed by atoms with van der Waals surface area (Å²) in [5.74, 6) is 0.905. The highest BCUT2D eigenvalue weighted by Gasteiger charge is 2.24. The monoisotopic (exact) mass is 312 g/mol. The van der Waals surface area contributed by atoms with E-state index < -0.39 is 0 Å². The number of thioether (sulfide) groups is 1. The summed E-state index contributed by atoms with van der Waals surface area (Å²) >= 11 is 3.73. The predicted molar refractivity (Wildman–Crippen MR) is 89.9 cm³/mol. The molecule has 1 saturated carbocycles. The number of aromatic nitrogens is 1. The van der Waals surface area contributed by atoms with Crippen LogP contribution >= 0.6 is 23.1 Å². The fourth-order valence-electron chi connectivity index (χ4n) is 2.57. The van der Waals surface area contributed by atoms with Crippen LogP contribution in [0, 0.1) is 13.8 Å².